The zero-order valence-corrected chi connectivity index (χ0v) is 7.10. The fraction of sp³-hybridized carbons (Fsp3) is 0.250. The third-order valence-electron chi connectivity index (χ3n) is 0.461. The molecule has 0 aromatic carbocycles. The van der Waals surface area contributed by atoms with E-state index >= 15 is 0 Å². The van der Waals surface area contributed by atoms with E-state index in [2.05, 4.69) is 22.7 Å². The number of amides is 1. The average Bonchev–Trinajstić information content (AvgIpc) is 1.83. The first-order valence-corrected chi connectivity index (χ1v) is 2.46. The minimum Gasteiger partial charge on any atom is -0.453 e. The Hall–Kier alpha value is 0.100. The Balaban J connectivity index is 0. The van der Waals surface area contributed by atoms with Gasteiger partial charge in [-0.15, -0.1) is 12.6 Å². The van der Waals surface area contributed by atoms with Crippen molar-refractivity contribution in [1.29, 1.82) is 0 Å². The number of hydrogen-bond acceptors (Lipinski definition) is 3. The van der Waals surface area contributed by atoms with Crippen LogP contribution in [0.3, 0.4) is 0 Å². The van der Waals surface area contributed by atoms with Crippen molar-refractivity contribution in [2.75, 3.05) is 7.11 Å². The minimum absolute atomic E-state index is 0. The van der Waals surface area contributed by atoms with Crippen LogP contribution in [0.2, 0.25) is 0 Å². The molecule has 0 fully saturated rings. The molecule has 1 radical (unpaired) electrons. The van der Waals surface area contributed by atoms with Gasteiger partial charge in [-0.25, -0.2) is 4.79 Å². The van der Waals surface area contributed by atoms with Gasteiger partial charge in [-0.3, -0.25) is 5.32 Å². The van der Waals surface area contributed by atoms with Gasteiger partial charge in [0, 0.05) is 28.6 Å². The van der Waals surface area contributed by atoms with Crippen LogP contribution in [0.15, 0.2) is 11.6 Å². The van der Waals surface area contributed by atoms with Gasteiger partial charge in [-0.2, -0.15) is 0 Å². The fourth-order valence-corrected chi connectivity index (χ4v) is 0.239. The number of alkyl carbamates (subject to hydrolysis) is 1. The van der Waals surface area contributed by atoms with Crippen LogP contribution in [0.25, 0.3) is 0 Å². The van der Waals surface area contributed by atoms with Gasteiger partial charge in [0.1, 0.15) is 0 Å². The van der Waals surface area contributed by atoms with Crippen molar-refractivity contribution in [3.05, 3.63) is 11.6 Å². The van der Waals surface area contributed by atoms with Crippen LogP contribution in [0.5, 0.6) is 0 Å². The van der Waals surface area contributed by atoms with E-state index in [-0.39, 0.29) is 22.4 Å². The van der Waals surface area contributed by atoms with E-state index in [4.69, 9.17) is 0 Å². The Morgan fingerprint density at radius 3 is 2.67 bits per heavy atom. The van der Waals surface area contributed by atoms with Gasteiger partial charge in [-0.1, -0.05) is 0 Å². The van der Waals surface area contributed by atoms with Gasteiger partial charge in [-0.05, 0) is 5.41 Å². The second kappa shape index (κ2) is 8.10. The molecule has 0 aliphatic heterocycles. The summed E-state index contributed by atoms with van der Waals surface area (Å²) in [4.78, 5) is 10.2. The predicted molar refractivity (Wildman–Crippen MR) is 33.7 cm³/mol. The van der Waals surface area contributed by atoms with Crippen molar-refractivity contribution < 1.29 is 31.9 Å². The van der Waals surface area contributed by atoms with Crippen molar-refractivity contribution in [3.63, 3.8) is 0 Å². The first-order chi connectivity index (χ1) is 3.81. The van der Waals surface area contributed by atoms with Crippen LogP contribution >= 0.6 is 12.6 Å². The molecule has 0 saturated carbocycles. The molecule has 0 aliphatic rings. The number of rotatable bonds is 1. The van der Waals surface area contributed by atoms with Gasteiger partial charge in [0.25, 0.3) is 0 Å². The number of thiol groups is 1. The van der Waals surface area contributed by atoms with Crippen molar-refractivity contribution >= 4 is 18.7 Å². The minimum atomic E-state index is -0.490. The van der Waals surface area contributed by atoms with Crippen LogP contribution in [-0.4, -0.2) is 13.2 Å². The average molecular weight is 241 g/mol. The topological polar surface area (TPSA) is 38.3 Å². The molecule has 0 aliphatic carbocycles. The van der Waals surface area contributed by atoms with Crippen LogP contribution in [0, 0.1) is 0 Å². The smallest absolute Gasteiger partial charge is 0.410 e. The molecule has 0 bridgehead atoms. The molecule has 0 aromatic rings. The molecule has 0 heterocycles. The molecule has 1 N–H and O–H groups in total. The molecular weight excluding hydrogens is 234 g/mol. The maximum absolute atomic E-state index is 10.2. The standard InChI is InChI=1S/C4H7NO2S.Ag/c1-7-4(6)5-2-3-8;/h2-3,8H,1H3,(H,5,6);/b3-2-;. The molecule has 0 unspecified atom stereocenters. The second-order valence-corrected chi connectivity index (χ2v) is 1.25. The molecule has 57 valence electrons. The molecule has 5 heteroatoms. The van der Waals surface area contributed by atoms with E-state index in [0.717, 1.165) is 0 Å². The monoisotopic (exact) mass is 240 g/mol. The number of carbonyl (C=O) groups is 1. The van der Waals surface area contributed by atoms with Crippen molar-refractivity contribution in [3.8, 4) is 0 Å². The maximum atomic E-state index is 10.2. The largest absolute Gasteiger partial charge is 0.453 e. The Morgan fingerprint density at radius 2 is 2.33 bits per heavy atom. The Kier molecular flexibility index (Phi) is 10.7. The Labute approximate surface area is 74.8 Å². The van der Waals surface area contributed by atoms with Crippen molar-refractivity contribution in [2.45, 2.75) is 0 Å². The zero-order valence-electron chi connectivity index (χ0n) is 4.72. The number of carbonyl (C=O) groups excluding carboxylic acids is 1. The van der Waals surface area contributed by atoms with Gasteiger partial charge >= 0.3 is 6.09 Å². The third kappa shape index (κ3) is 8.10. The number of methoxy groups -OCH3 is 1. The van der Waals surface area contributed by atoms with E-state index in [9.17, 15) is 4.79 Å². The first kappa shape index (κ1) is 11.8. The molecule has 0 aromatic heterocycles. The summed E-state index contributed by atoms with van der Waals surface area (Å²) in [6.45, 7) is 0. The van der Waals surface area contributed by atoms with Crippen LogP contribution in [0.1, 0.15) is 0 Å². The Morgan fingerprint density at radius 1 is 1.78 bits per heavy atom. The summed E-state index contributed by atoms with van der Waals surface area (Å²) in [5, 5.41) is 3.66. The first-order valence-electron chi connectivity index (χ1n) is 1.95. The molecule has 0 rings (SSSR count). The zero-order chi connectivity index (χ0) is 6.41. The summed E-state index contributed by atoms with van der Waals surface area (Å²) >= 11 is 3.68. The summed E-state index contributed by atoms with van der Waals surface area (Å²) < 4.78 is 4.22. The molecular formula is C4H7AgNO2S. The SMILES string of the molecule is COC(=O)N/C=C\S.[Ag]. The molecule has 0 saturated heterocycles. The fourth-order valence-electron chi connectivity index (χ4n) is 0.164. The van der Waals surface area contributed by atoms with Crippen LogP contribution in [-0.2, 0) is 27.1 Å². The van der Waals surface area contributed by atoms with Crippen LogP contribution < -0.4 is 5.32 Å². The summed E-state index contributed by atoms with van der Waals surface area (Å²) in [6.07, 6.45) is 0.880. The summed E-state index contributed by atoms with van der Waals surface area (Å²) in [5.74, 6) is 0. The van der Waals surface area contributed by atoms with E-state index in [1.54, 1.807) is 0 Å². The number of ether oxygens (including phenoxy) is 1. The van der Waals surface area contributed by atoms with Gasteiger partial charge in [0.2, 0.25) is 0 Å². The molecule has 0 atom stereocenters. The van der Waals surface area contributed by atoms with Gasteiger partial charge in [0.05, 0.1) is 7.11 Å². The molecule has 9 heavy (non-hydrogen) atoms. The van der Waals surface area contributed by atoms with E-state index in [1.807, 2.05) is 0 Å². The third-order valence-corrected chi connectivity index (χ3v) is 0.610. The van der Waals surface area contributed by atoms with Gasteiger partial charge in [0.15, 0.2) is 0 Å². The molecule has 0 spiro atoms. The number of nitrogens with one attached hydrogen (secondary N) is 1. The molecule has 1 amide bonds. The maximum Gasteiger partial charge on any atom is 0.410 e. The quantitative estimate of drug-likeness (QED) is 0.525. The Bertz CT molecular complexity index is 107. The van der Waals surface area contributed by atoms with Crippen molar-refractivity contribution in [2.24, 2.45) is 0 Å². The van der Waals surface area contributed by atoms with E-state index in [0.29, 0.717) is 0 Å². The van der Waals surface area contributed by atoms with Gasteiger partial charge < -0.3 is 4.74 Å². The summed E-state index contributed by atoms with van der Waals surface area (Å²) in [7, 11) is 1.29. The summed E-state index contributed by atoms with van der Waals surface area (Å²) in [5.41, 5.74) is 0. The summed E-state index contributed by atoms with van der Waals surface area (Å²) in [6, 6.07) is 0. The second-order valence-electron chi connectivity index (χ2n) is 0.952. The van der Waals surface area contributed by atoms with Crippen molar-refractivity contribution in [1.82, 2.24) is 5.32 Å². The molecule has 3 nitrogen and oxygen atoms in total. The predicted octanol–water partition coefficient (Wildman–Crippen LogP) is 0.741. The number of hydrogen-bond donors (Lipinski definition) is 2. The normalized spacial score (nSPS) is 8.22. The van der Waals surface area contributed by atoms with E-state index in [1.165, 1.54) is 18.7 Å². The van der Waals surface area contributed by atoms with E-state index < -0.39 is 6.09 Å². The van der Waals surface area contributed by atoms with Crippen LogP contribution in [0.4, 0.5) is 4.79 Å².